The Bertz CT molecular complexity index is 217. The van der Waals surface area contributed by atoms with E-state index in [0.717, 1.165) is 13.0 Å². The molecule has 1 atom stereocenters. The van der Waals surface area contributed by atoms with Gasteiger partial charge in [0, 0.05) is 11.8 Å². The maximum Gasteiger partial charge on any atom is 0.210 e. The van der Waals surface area contributed by atoms with Gasteiger partial charge in [0.25, 0.3) is 0 Å². The van der Waals surface area contributed by atoms with Crippen LogP contribution in [0.5, 0.6) is 0 Å². The third-order valence-electron chi connectivity index (χ3n) is 1.69. The van der Waals surface area contributed by atoms with Crippen molar-refractivity contribution in [1.29, 1.82) is 0 Å². The van der Waals surface area contributed by atoms with Gasteiger partial charge in [-0.3, -0.25) is 0 Å². The molecular weight excluding hydrogens is 208 g/mol. The zero-order valence-corrected chi connectivity index (χ0v) is 9.75. The molecule has 0 spiro atoms. The van der Waals surface area contributed by atoms with E-state index in [4.69, 9.17) is 5.14 Å². The molecule has 0 aromatic rings. The van der Waals surface area contributed by atoms with Crippen LogP contribution in [0.4, 0.5) is 0 Å². The van der Waals surface area contributed by atoms with Crippen LogP contribution in [0.15, 0.2) is 0 Å². The minimum Gasteiger partial charge on any atom is -0.316 e. The molecule has 0 amide bonds. The molecule has 1 unspecified atom stereocenters. The summed E-state index contributed by atoms with van der Waals surface area (Å²) in [5.74, 6) is 0.0145. The van der Waals surface area contributed by atoms with Gasteiger partial charge < -0.3 is 5.32 Å². The molecular formula is C7H18N2O2S2. The molecule has 4 nitrogen and oxygen atoms in total. The standard InChI is InChI=1S/C7H18N2O2S2/c1-7(12-2)3-4-9-5-6-13(8,10)11/h7,9H,3-6H2,1-2H3,(H2,8,10,11). The molecule has 0 bridgehead atoms. The molecule has 0 radical (unpaired) electrons. The summed E-state index contributed by atoms with van der Waals surface area (Å²) in [6.07, 6.45) is 3.11. The van der Waals surface area contributed by atoms with E-state index in [9.17, 15) is 8.42 Å². The van der Waals surface area contributed by atoms with Gasteiger partial charge >= 0.3 is 0 Å². The summed E-state index contributed by atoms with van der Waals surface area (Å²) in [6, 6.07) is 0. The molecule has 0 saturated heterocycles. The Morgan fingerprint density at radius 2 is 2.08 bits per heavy atom. The Hall–Kier alpha value is 0.220. The van der Waals surface area contributed by atoms with Crippen molar-refractivity contribution < 1.29 is 8.42 Å². The van der Waals surface area contributed by atoms with E-state index in [1.807, 2.05) is 0 Å². The van der Waals surface area contributed by atoms with Crippen molar-refractivity contribution in [2.75, 3.05) is 25.1 Å². The monoisotopic (exact) mass is 226 g/mol. The Balaban J connectivity index is 3.27. The van der Waals surface area contributed by atoms with Gasteiger partial charge in [-0.25, -0.2) is 13.6 Å². The van der Waals surface area contributed by atoms with Crippen molar-refractivity contribution >= 4 is 21.8 Å². The molecule has 0 aliphatic rings. The summed E-state index contributed by atoms with van der Waals surface area (Å²) in [5, 5.41) is 8.48. The highest BCUT2D eigenvalue weighted by molar-refractivity contribution is 7.99. The van der Waals surface area contributed by atoms with Crippen LogP contribution in [-0.2, 0) is 10.0 Å². The van der Waals surface area contributed by atoms with Gasteiger partial charge in [0.1, 0.15) is 0 Å². The van der Waals surface area contributed by atoms with Crippen LogP contribution in [0, 0.1) is 0 Å². The largest absolute Gasteiger partial charge is 0.316 e. The van der Waals surface area contributed by atoms with E-state index in [0.29, 0.717) is 11.8 Å². The van der Waals surface area contributed by atoms with Gasteiger partial charge in [-0.2, -0.15) is 11.8 Å². The van der Waals surface area contributed by atoms with E-state index < -0.39 is 10.0 Å². The molecule has 0 saturated carbocycles. The minimum absolute atomic E-state index is 0.0145. The fraction of sp³-hybridized carbons (Fsp3) is 1.00. The first-order valence-electron chi connectivity index (χ1n) is 4.19. The van der Waals surface area contributed by atoms with Crippen LogP contribution in [0.2, 0.25) is 0 Å². The van der Waals surface area contributed by atoms with Gasteiger partial charge in [-0.05, 0) is 19.2 Å². The lowest BCUT2D eigenvalue weighted by molar-refractivity contribution is 0.590. The number of rotatable bonds is 7. The van der Waals surface area contributed by atoms with Crippen molar-refractivity contribution in [2.24, 2.45) is 5.14 Å². The number of thioether (sulfide) groups is 1. The van der Waals surface area contributed by atoms with Crippen molar-refractivity contribution in [3.05, 3.63) is 0 Å². The Labute approximate surface area is 84.7 Å². The summed E-state index contributed by atoms with van der Waals surface area (Å²) in [7, 11) is -3.30. The molecule has 80 valence electrons. The van der Waals surface area contributed by atoms with Crippen molar-refractivity contribution in [3.8, 4) is 0 Å². The van der Waals surface area contributed by atoms with Crippen LogP contribution in [0.25, 0.3) is 0 Å². The lowest BCUT2D eigenvalue weighted by atomic mass is 10.3. The van der Waals surface area contributed by atoms with Gasteiger partial charge in [-0.1, -0.05) is 6.92 Å². The molecule has 6 heteroatoms. The predicted molar refractivity (Wildman–Crippen MR) is 58.4 cm³/mol. The van der Waals surface area contributed by atoms with Crippen LogP contribution >= 0.6 is 11.8 Å². The smallest absolute Gasteiger partial charge is 0.210 e. The average molecular weight is 226 g/mol. The first-order chi connectivity index (χ1) is 5.95. The SMILES string of the molecule is CSC(C)CCNCCS(N)(=O)=O. The number of hydrogen-bond acceptors (Lipinski definition) is 4. The van der Waals surface area contributed by atoms with Gasteiger partial charge in [0.2, 0.25) is 10.0 Å². The van der Waals surface area contributed by atoms with Gasteiger partial charge in [0.15, 0.2) is 0 Å². The van der Waals surface area contributed by atoms with Crippen LogP contribution in [0.1, 0.15) is 13.3 Å². The fourth-order valence-corrected chi connectivity index (χ4v) is 1.55. The third kappa shape index (κ3) is 10.1. The second-order valence-electron chi connectivity index (χ2n) is 2.95. The first-order valence-corrected chi connectivity index (χ1v) is 7.20. The molecule has 3 N–H and O–H groups in total. The highest BCUT2D eigenvalue weighted by Gasteiger charge is 2.02. The van der Waals surface area contributed by atoms with Gasteiger partial charge in [0.05, 0.1) is 5.75 Å². The molecule has 0 rings (SSSR count). The summed E-state index contributed by atoms with van der Waals surface area (Å²) >= 11 is 1.81. The zero-order chi connectivity index (χ0) is 10.3. The van der Waals surface area contributed by atoms with Crippen LogP contribution in [0.3, 0.4) is 0 Å². The number of nitrogens with two attached hydrogens (primary N) is 1. The average Bonchev–Trinajstić information content (AvgIpc) is 2.01. The quantitative estimate of drug-likeness (QED) is 0.600. The number of hydrogen-bond donors (Lipinski definition) is 2. The lowest BCUT2D eigenvalue weighted by Gasteiger charge is -2.08. The zero-order valence-electron chi connectivity index (χ0n) is 8.12. The molecule has 0 fully saturated rings. The Kier molecular flexibility index (Phi) is 6.75. The van der Waals surface area contributed by atoms with Crippen LogP contribution < -0.4 is 10.5 Å². The van der Waals surface area contributed by atoms with Crippen molar-refractivity contribution in [3.63, 3.8) is 0 Å². The van der Waals surface area contributed by atoms with E-state index in [-0.39, 0.29) is 5.75 Å². The van der Waals surface area contributed by atoms with Crippen molar-refractivity contribution in [1.82, 2.24) is 5.32 Å². The molecule has 0 aromatic carbocycles. The number of nitrogens with one attached hydrogen (secondary N) is 1. The van der Waals surface area contributed by atoms with E-state index in [1.165, 1.54) is 0 Å². The molecule has 0 aliphatic heterocycles. The summed E-state index contributed by atoms with van der Waals surface area (Å²) in [6.45, 7) is 3.43. The number of sulfonamides is 1. The lowest BCUT2D eigenvalue weighted by Crippen LogP contribution is -2.28. The summed E-state index contributed by atoms with van der Waals surface area (Å²) in [4.78, 5) is 0. The van der Waals surface area contributed by atoms with E-state index >= 15 is 0 Å². The molecule has 0 heterocycles. The van der Waals surface area contributed by atoms with E-state index in [2.05, 4.69) is 18.5 Å². The topological polar surface area (TPSA) is 72.2 Å². The normalized spacial score (nSPS) is 14.4. The second kappa shape index (κ2) is 6.64. The minimum atomic E-state index is -3.30. The maximum absolute atomic E-state index is 10.5. The fourth-order valence-electron chi connectivity index (χ4n) is 0.763. The van der Waals surface area contributed by atoms with Crippen molar-refractivity contribution in [2.45, 2.75) is 18.6 Å². The van der Waals surface area contributed by atoms with Gasteiger partial charge in [-0.15, -0.1) is 0 Å². The third-order valence-corrected chi connectivity index (χ3v) is 3.51. The highest BCUT2D eigenvalue weighted by Crippen LogP contribution is 2.07. The van der Waals surface area contributed by atoms with Crippen LogP contribution in [-0.4, -0.2) is 38.8 Å². The Morgan fingerprint density at radius 1 is 1.46 bits per heavy atom. The Morgan fingerprint density at radius 3 is 2.54 bits per heavy atom. The molecule has 0 aliphatic carbocycles. The number of primary sulfonamides is 1. The second-order valence-corrected chi connectivity index (χ2v) is 5.96. The first kappa shape index (κ1) is 13.2. The summed E-state index contributed by atoms with van der Waals surface area (Å²) in [5.41, 5.74) is 0. The molecule has 13 heavy (non-hydrogen) atoms. The molecule has 0 aromatic heterocycles. The maximum atomic E-state index is 10.5. The summed E-state index contributed by atoms with van der Waals surface area (Å²) < 4.78 is 21.0. The highest BCUT2D eigenvalue weighted by atomic mass is 32.2. The predicted octanol–water partition coefficient (Wildman–Crippen LogP) is 0.00610. The van der Waals surface area contributed by atoms with E-state index in [1.54, 1.807) is 11.8 Å².